The van der Waals surface area contributed by atoms with Crippen LogP contribution >= 0.6 is 0 Å². The molecular formula is C19H17N3O4. The predicted octanol–water partition coefficient (Wildman–Crippen LogP) is 3.00. The maximum atomic E-state index is 12.3. The van der Waals surface area contributed by atoms with Crippen LogP contribution in [0, 0.1) is 0 Å². The largest absolute Gasteiger partial charge is 0.454 e. The van der Waals surface area contributed by atoms with Crippen molar-refractivity contribution in [3.05, 3.63) is 59.9 Å². The number of benzene rings is 2. The number of amides is 1. The minimum absolute atomic E-state index is 0.00192. The van der Waals surface area contributed by atoms with E-state index in [0.717, 1.165) is 5.56 Å². The Balaban J connectivity index is 1.42. The van der Waals surface area contributed by atoms with E-state index in [4.69, 9.17) is 14.0 Å². The topological polar surface area (TPSA) is 86.5 Å². The van der Waals surface area contributed by atoms with Gasteiger partial charge < -0.3 is 19.3 Å². The fourth-order valence-electron chi connectivity index (χ4n) is 2.69. The lowest BCUT2D eigenvalue weighted by atomic mass is 10.0. The third kappa shape index (κ3) is 3.23. The Kier molecular flexibility index (Phi) is 4.27. The van der Waals surface area contributed by atoms with Gasteiger partial charge in [-0.05, 0) is 29.7 Å². The normalized spacial score (nSPS) is 13.4. The van der Waals surface area contributed by atoms with Crippen molar-refractivity contribution in [2.75, 3.05) is 13.3 Å². The van der Waals surface area contributed by atoms with Gasteiger partial charge in [-0.3, -0.25) is 4.79 Å². The van der Waals surface area contributed by atoms with Crippen LogP contribution in [0.4, 0.5) is 0 Å². The first kappa shape index (κ1) is 16.1. The molecule has 2 aromatic carbocycles. The average molecular weight is 351 g/mol. The molecule has 0 saturated carbocycles. The van der Waals surface area contributed by atoms with Crippen molar-refractivity contribution < 1.29 is 18.8 Å². The van der Waals surface area contributed by atoms with Gasteiger partial charge in [-0.25, -0.2) is 0 Å². The molecule has 2 heterocycles. The lowest BCUT2D eigenvalue weighted by Gasteiger charge is -2.11. The van der Waals surface area contributed by atoms with Gasteiger partial charge in [0.15, 0.2) is 11.5 Å². The Labute approximate surface area is 149 Å². The molecule has 26 heavy (non-hydrogen) atoms. The summed E-state index contributed by atoms with van der Waals surface area (Å²) in [4.78, 5) is 16.4. The molecule has 0 fully saturated rings. The van der Waals surface area contributed by atoms with E-state index in [2.05, 4.69) is 15.5 Å². The summed E-state index contributed by atoms with van der Waals surface area (Å²) < 4.78 is 15.8. The molecule has 1 aliphatic heterocycles. The number of aromatic nitrogens is 2. The molecule has 3 aromatic rings. The molecule has 132 valence electrons. The zero-order valence-electron chi connectivity index (χ0n) is 14.1. The van der Waals surface area contributed by atoms with Gasteiger partial charge in [-0.15, -0.1) is 0 Å². The van der Waals surface area contributed by atoms with Gasteiger partial charge in [0, 0.05) is 12.1 Å². The van der Waals surface area contributed by atoms with Crippen LogP contribution in [0.25, 0.3) is 11.5 Å². The van der Waals surface area contributed by atoms with E-state index < -0.39 is 0 Å². The smallest absolute Gasteiger partial charge is 0.292 e. The minimum atomic E-state index is -0.372. The lowest BCUT2D eigenvalue weighted by Crippen LogP contribution is -2.28. The molecular weight excluding hydrogens is 334 g/mol. The summed E-state index contributed by atoms with van der Waals surface area (Å²) >= 11 is 0. The maximum Gasteiger partial charge on any atom is 0.292 e. The highest BCUT2D eigenvalue weighted by Gasteiger charge is 2.19. The highest BCUT2D eigenvalue weighted by atomic mass is 16.7. The molecule has 0 radical (unpaired) electrons. The van der Waals surface area contributed by atoms with E-state index in [1.807, 2.05) is 37.3 Å². The van der Waals surface area contributed by atoms with Gasteiger partial charge in [0.25, 0.3) is 17.6 Å². The van der Waals surface area contributed by atoms with E-state index in [1.165, 1.54) is 0 Å². The summed E-state index contributed by atoms with van der Waals surface area (Å²) in [6.07, 6.45) is 0. The van der Waals surface area contributed by atoms with E-state index in [-0.39, 0.29) is 30.3 Å². The Morgan fingerprint density at radius 2 is 1.96 bits per heavy atom. The van der Waals surface area contributed by atoms with Gasteiger partial charge in [0.2, 0.25) is 6.79 Å². The summed E-state index contributed by atoms with van der Waals surface area (Å²) in [5, 5.41) is 6.60. The Bertz CT molecular complexity index is 924. The van der Waals surface area contributed by atoms with Crippen molar-refractivity contribution >= 4 is 5.91 Å². The standard InChI is InChI=1S/C19H17N3O4/c1-12(13-5-3-2-4-6-13)10-20-18(23)17-21-19(26-22-17)14-7-8-15-16(9-14)25-11-24-15/h2-9,12H,10-11H2,1H3,(H,20,23). The fourth-order valence-corrected chi connectivity index (χ4v) is 2.69. The van der Waals surface area contributed by atoms with Gasteiger partial charge >= 0.3 is 0 Å². The van der Waals surface area contributed by atoms with Gasteiger partial charge in [-0.1, -0.05) is 42.4 Å². The van der Waals surface area contributed by atoms with Crippen molar-refractivity contribution in [2.24, 2.45) is 0 Å². The van der Waals surface area contributed by atoms with Crippen LogP contribution in [-0.2, 0) is 0 Å². The summed E-state index contributed by atoms with van der Waals surface area (Å²) in [6.45, 7) is 2.72. The molecule has 7 heteroatoms. The highest BCUT2D eigenvalue weighted by molar-refractivity contribution is 5.90. The molecule has 7 nitrogen and oxygen atoms in total. The zero-order valence-corrected chi connectivity index (χ0v) is 14.1. The van der Waals surface area contributed by atoms with Crippen LogP contribution < -0.4 is 14.8 Å². The quantitative estimate of drug-likeness (QED) is 0.760. The Morgan fingerprint density at radius 3 is 2.81 bits per heavy atom. The molecule has 4 rings (SSSR count). The molecule has 0 saturated heterocycles. The van der Waals surface area contributed by atoms with Gasteiger partial charge in [0.05, 0.1) is 0 Å². The van der Waals surface area contributed by atoms with E-state index >= 15 is 0 Å². The van der Waals surface area contributed by atoms with Crippen LogP contribution in [0.2, 0.25) is 0 Å². The van der Waals surface area contributed by atoms with E-state index in [9.17, 15) is 4.79 Å². The van der Waals surface area contributed by atoms with Crippen LogP contribution in [-0.4, -0.2) is 29.4 Å². The van der Waals surface area contributed by atoms with Crippen LogP contribution in [0.1, 0.15) is 29.0 Å². The second-order valence-electron chi connectivity index (χ2n) is 6.01. The van der Waals surface area contributed by atoms with Crippen molar-refractivity contribution in [1.82, 2.24) is 15.5 Å². The molecule has 1 amide bonds. The maximum absolute atomic E-state index is 12.3. The first-order valence-corrected chi connectivity index (χ1v) is 8.27. The minimum Gasteiger partial charge on any atom is -0.454 e. The molecule has 1 atom stereocenters. The van der Waals surface area contributed by atoms with Crippen LogP contribution in [0.5, 0.6) is 11.5 Å². The summed E-state index contributed by atoms with van der Waals surface area (Å²) in [6, 6.07) is 15.3. The van der Waals surface area contributed by atoms with Gasteiger partial charge in [0.1, 0.15) is 0 Å². The fraction of sp³-hybridized carbons (Fsp3) is 0.211. The van der Waals surface area contributed by atoms with Crippen molar-refractivity contribution in [3.8, 4) is 23.0 Å². The van der Waals surface area contributed by atoms with Crippen LogP contribution in [0.3, 0.4) is 0 Å². The van der Waals surface area contributed by atoms with Gasteiger partial charge in [-0.2, -0.15) is 4.98 Å². The Hall–Kier alpha value is -3.35. The molecule has 1 aliphatic rings. The van der Waals surface area contributed by atoms with Crippen molar-refractivity contribution in [1.29, 1.82) is 0 Å². The number of rotatable bonds is 5. The number of fused-ring (bicyclic) bond motifs is 1. The lowest BCUT2D eigenvalue weighted by molar-refractivity contribution is 0.0938. The van der Waals surface area contributed by atoms with Crippen molar-refractivity contribution in [3.63, 3.8) is 0 Å². The number of carbonyl (C=O) groups excluding carboxylic acids is 1. The second kappa shape index (κ2) is 6.87. The Morgan fingerprint density at radius 1 is 1.15 bits per heavy atom. The highest BCUT2D eigenvalue weighted by Crippen LogP contribution is 2.35. The summed E-state index contributed by atoms with van der Waals surface area (Å²) in [5.74, 6) is 1.34. The van der Waals surface area contributed by atoms with Crippen LogP contribution in [0.15, 0.2) is 53.1 Å². The first-order chi connectivity index (χ1) is 12.7. The summed E-state index contributed by atoms with van der Waals surface area (Å²) in [5.41, 5.74) is 1.82. The molecule has 1 N–H and O–H groups in total. The third-order valence-electron chi connectivity index (χ3n) is 4.19. The summed E-state index contributed by atoms with van der Waals surface area (Å²) in [7, 11) is 0. The number of hydrogen-bond acceptors (Lipinski definition) is 6. The van der Waals surface area contributed by atoms with E-state index in [1.54, 1.807) is 18.2 Å². The number of nitrogens with one attached hydrogen (secondary N) is 1. The third-order valence-corrected chi connectivity index (χ3v) is 4.19. The molecule has 0 bridgehead atoms. The monoisotopic (exact) mass is 351 g/mol. The molecule has 1 aromatic heterocycles. The van der Waals surface area contributed by atoms with Crippen molar-refractivity contribution in [2.45, 2.75) is 12.8 Å². The predicted molar refractivity (Wildman–Crippen MR) is 93.0 cm³/mol. The SMILES string of the molecule is CC(CNC(=O)c1noc(-c2ccc3c(c2)OCO3)n1)c1ccccc1. The second-order valence-corrected chi connectivity index (χ2v) is 6.01. The van der Waals surface area contributed by atoms with E-state index in [0.29, 0.717) is 23.6 Å². The molecule has 0 spiro atoms. The first-order valence-electron chi connectivity index (χ1n) is 8.27. The average Bonchev–Trinajstić information content (AvgIpc) is 3.35. The molecule has 0 aliphatic carbocycles. The number of ether oxygens (including phenoxy) is 2. The zero-order chi connectivity index (χ0) is 17.9. The number of hydrogen-bond donors (Lipinski definition) is 1. The molecule has 1 unspecified atom stereocenters. The number of nitrogens with zero attached hydrogens (tertiary/aromatic N) is 2. The number of carbonyl (C=O) groups is 1.